The number of carbonyl (C=O) groups is 1. The quantitative estimate of drug-likeness (QED) is 0.299. The lowest BCUT2D eigenvalue weighted by Crippen LogP contribution is -2.07. The summed E-state index contributed by atoms with van der Waals surface area (Å²) in [5, 5.41) is 6.69. The van der Waals surface area contributed by atoms with Crippen molar-refractivity contribution in [3.8, 4) is 22.6 Å². The molecule has 0 aliphatic heterocycles. The summed E-state index contributed by atoms with van der Waals surface area (Å²) in [4.78, 5) is 24.2. The lowest BCUT2D eigenvalue weighted by Gasteiger charge is -2.10. The summed E-state index contributed by atoms with van der Waals surface area (Å²) in [5.41, 5.74) is 4.46. The van der Waals surface area contributed by atoms with Crippen LogP contribution in [0.4, 0.5) is 17.5 Å². The fourth-order valence-corrected chi connectivity index (χ4v) is 3.93. The van der Waals surface area contributed by atoms with Gasteiger partial charge in [0.25, 0.3) is 0 Å². The molecule has 35 heavy (non-hydrogen) atoms. The van der Waals surface area contributed by atoms with Crippen molar-refractivity contribution in [1.82, 2.24) is 19.5 Å². The van der Waals surface area contributed by atoms with Crippen LogP contribution in [-0.2, 0) is 11.8 Å². The van der Waals surface area contributed by atoms with E-state index < -0.39 is 0 Å². The van der Waals surface area contributed by atoms with Crippen molar-refractivity contribution >= 4 is 46.0 Å². The van der Waals surface area contributed by atoms with Crippen LogP contribution < -0.4 is 15.4 Å². The number of anilines is 3. The van der Waals surface area contributed by atoms with Crippen LogP contribution in [-0.4, -0.2) is 25.4 Å². The number of aryl methyl sites for hydroxylation is 1. The first-order valence-electron chi connectivity index (χ1n) is 10.8. The summed E-state index contributed by atoms with van der Waals surface area (Å²) in [6, 6.07) is 18.7. The predicted molar refractivity (Wildman–Crippen MR) is 137 cm³/mol. The van der Waals surface area contributed by atoms with Crippen molar-refractivity contribution in [1.29, 1.82) is 0 Å². The maximum absolute atomic E-state index is 11.3. The van der Waals surface area contributed by atoms with E-state index in [4.69, 9.17) is 21.3 Å². The number of ether oxygens (including phenoxy) is 1. The minimum absolute atomic E-state index is 0.196. The molecule has 0 aliphatic carbocycles. The van der Waals surface area contributed by atoms with Gasteiger partial charge in [0.15, 0.2) is 0 Å². The highest BCUT2D eigenvalue weighted by Gasteiger charge is 2.12. The number of rotatable bonds is 6. The maximum Gasteiger partial charge on any atom is 0.222 e. The second-order valence-corrected chi connectivity index (χ2v) is 8.27. The number of pyridine rings is 2. The smallest absolute Gasteiger partial charge is 0.222 e. The Labute approximate surface area is 206 Å². The van der Waals surface area contributed by atoms with Crippen LogP contribution in [0.25, 0.3) is 22.2 Å². The Hall–Kier alpha value is -4.43. The normalized spacial score (nSPS) is 10.8. The lowest BCUT2D eigenvalue weighted by atomic mass is 10.1. The predicted octanol–water partition coefficient (Wildman–Crippen LogP) is 6.18. The monoisotopic (exact) mass is 484 g/mol. The molecule has 5 aromatic rings. The van der Waals surface area contributed by atoms with Crippen molar-refractivity contribution in [2.24, 2.45) is 7.05 Å². The summed E-state index contributed by atoms with van der Waals surface area (Å²) in [7, 11) is 1.94. The SMILES string of the molecule is CC(=O)Nc1cc(Oc2ccc3c(c2)nc(Nc2ccc(Cl)c(-c4ccncc4)c2)n3C)ccn1. The van der Waals surface area contributed by atoms with E-state index in [1.54, 1.807) is 30.7 Å². The van der Waals surface area contributed by atoms with Crippen molar-refractivity contribution in [2.75, 3.05) is 10.6 Å². The fourth-order valence-electron chi connectivity index (χ4n) is 3.70. The molecule has 0 unspecified atom stereocenters. The summed E-state index contributed by atoms with van der Waals surface area (Å²) in [6.45, 7) is 1.43. The second kappa shape index (κ2) is 9.44. The van der Waals surface area contributed by atoms with E-state index in [1.165, 1.54) is 6.92 Å². The summed E-state index contributed by atoms with van der Waals surface area (Å²) in [6.07, 6.45) is 5.06. The van der Waals surface area contributed by atoms with Gasteiger partial charge in [-0.1, -0.05) is 11.6 Å². The number of fused-ring (bicyclic) bond motifs is 1. The van der Waals surface area contributed by atoms with Crippen LogP contribution in [0.1, 0.15) is 6.92 Å². The molecule has 3 heterocycles. The number of benzene rings is 2. The molecule has 9 heteroatoms. The third-order valence-electron chi connectivity index (χ3n) is 5.34. The van der Waals surface area contributed by atoms with E-state index in [0.29, 0.717) is 28.3 Å². The van der Waals surface area contributed by atoms with Crippen LogP contribution in [0.3, 0.4) is 0 Å². The molecule has 1 amide bonds. The van der Waals surface area contributed by atoms with Gasteiger partial charge in [-0.15, -0.1) is 0 Å². The van der Waals surface area contributed by atoms with Gasteiger partial charge < -0.3 is 19.9 Å². The summed E-state index contributed by atoms with van der Waals surface area (Å²) >= 11 is 6.44. The van der Waals surface area contributed by atoms with Gasteiger partial charge in [-0.3, -0.25) is 9.78 Å². The Morgan fingerprint density at radius 2 is 1.77 bits per heavy atom. The molecule has 0 atom stereocenters. The highest BCUT2D eigenvalue weighted by molar-refractivity contribution is 6.33. The number of nitrogens with zero attached hydrogens (tertiary/aromatic N) is 4. The van der Waals surface area contributed by atoms with Gasteiger partial charge in [-0.2, -0.15) is 0 Å². The van der Waals surface area contributed by atoms with Gasteiger partial charge in [-0.25, -0.2) is 9.97 Å². The van der Waals surface area contributed by atoms with Crippen LogP contribution in [0.2, 0.25) is 5.02 Å². The van der Waals surface area contributed by atoms with Gasteiger partial charge in [0, 0.05) is 61.0 Å². The molecule has 5 rings (SSSR count). The van der Waals surface area contributed by atoms with Gasteiger partial charge in [0.05, 0.1) is 11.0 Å². The molecule has 0 fully saturated rings. The molecule has 0 saturated heterocycles. The van der Waals surface area contributed by atoms with Crippen molar-refractivity contribution in [3.05, 3.63) is 84.3 Å². The molecule has 174 valence electrons. The molecule has 0 saturated carbocycles. The average Bonchev–Trinajstić information content (AvgIpc) is 3.15. The van der Waals surface area contributed by atoms with Gasteiger partial charge in [0.2, 0.25) is 11.9 Å². The van der Waals surface area contributed by atoms with E-state index in [-0.39, 0.29) is 5.91 Å². The molecule has 2 N–H and O–H groups in total. The minimum atomic E-state index is -0.196. The molecule has 0 bridgehead atoms. The van der Waals surface area contributed by atoms with Crippen molar-refractivity contribution in [2.45, 2.75) is 6.92 Å². The first kappa shape index (κ1) is 22.4. The van der Waals surface area contributed by atoms with Crippen molar-refractivity contribution in [3.63, 3.8) is 0 Å². The number of imidazole rings is 1. The standard InChI is InChI=1S/C26H21ClN6O2/c1-16(34)30-25-15-20(9-12-29-25)35-19-4-6-24-23(14-19)32-26(33(24)2)31-18-3-5-22(27)21(13-18)17-7-10-28-11-8-17/h3-15H,1-2H3,(H,31,32)(H,29,30,34). The number of nitrogens with one attached hydrogen (secondary N) is 2. The Morgan fingerprint density at radius 3 is 2.57 bits per heavy atom. The number of aromatic nitrogens is 4. The Morgan fingerprint density at radius 1 is 0.971 bits per heavy atom. The molecule has 0 aliphatic rings. The molecule has 3 aromatic heterocycles. The van der Waals surface area contributed by atoms with E-state index in [9.17, 15) is 4.79 Å². The molecular weight excluding hydrogens is 464 g/mol. The highest BCUT2D eigenvalue weighted by atomic mass is 35.5. The number of hydrogen-bond donors (Lipinski definition) is 2. The van der Waals surface area contributed by atoms with Crippen LogP contribution in [0, 0.1) is 0 Å². The Bertz CT molecular complexity index is 1530. The van der Waals surface area contributed by atoms with E-state index >= 15 is 0 Å². The van der Waals surface area contributed by atoms with E-state index in [0.717, 1.165) is 27.8 Å². The molecule has 2 aromatic carbocycles. The maximum atomic E-state index is 11.3. The Balaban J connectivity index is 1.40. The van der Waals surface area contributed by atoms with E-state index in [2.05, 4.69) is 20.6 Å². The topological polar surface area (TPSA) is 94.0 Å². The highest BCUT2D eigenvalue weighted by Crippen LogP contribution is 2.32. The summed E-state index contributed by atoms with van der Waals surface area (Å²) in [5.74, 6) is 2.08. The lowest BCUT2D eigenvalue weighted by molar-refractivity contribution is -0.114. The fraction of sp³-hybridized carbons (Fsp3) is 0.0769. The second-order valence-electron chi connectivity index (χ2n) is 7.86. The largest absolute Gasteiger partial charge is 0.457 e. The minimum Gasteiger partial charge on any atom is -0.457 e. The molecular formula is C26H21ClN6O2. The van der Waals surface area contributed by atoms with Gasteiger partial charge >= 0.3 is 0 Å². The molecule has 0 radical (unpaired) electrons. The first-order valence-corrected chi connectivity index (χ1v) is 11.2. The van der Waals surface area contributed by atoms with Gasteiger partial charge in [0.1, 0.15) is 17.3 Å². The van der Waals surface area contributed by atoms with Crippen LogP contribution >= 0.6 is 11.6 Å². The molecule has 8 nitrogen and oxygen atoms in total. The van der Waals surface area contributed by atoms with E-state index in [1.807, 2.05) is 60.1 Å². The first-order chi connectivity index (χ1) is 17.0. The zero-order chi connectivity index (χ0) is 24.4. The van der Waals surface area contributed by atoms with Crippen molar-refractivity contribution < 1.29 is 9.53 Å². The number of halogens is 1. The number of carbonyl (C=O) groups excluding carboxylic acids is 1. The zero-order valence-electron chi connectivity index (χ0n) is 19.0. The summed E-state index contributed by atoms with van der Waals surface area (Å²) < 4.78 is 7.95. The van der Waals surface area contributed by atoms with Crippen LogP contribution in [0.15, 0.2) is 79.3 Å². The van der Waals surface area contributed by atoms with Gasteiger partial charge in [-0.05, 0) is 54.1 Å². The number of hydrogen-bond acceptors (Lipinski definition) is 6. The average molecular weight is 485 g/mol. The Kier molecular flexibility index (Phi) is 6.03. The molecule has 0 spiro atoms. The third kappa shape index (κ3) is 4.92. The van der Waals surface area contributed by atoms with Crippen LogP contribution in [0.5, 0.6) is 11.5 Å². The number of amides is 1. The zero-order valence-corrected chi connectivity index (χ0v) is 19.7. The third-order valence-corrected chi connectivity index (χ3v) is 5.67.